The Morgan fingerprint density at radius 3 is 2.45 bits per heavy atom. The third kappa shape index (κ3) is 4.79. The van der Waals surface area contributed by atoms with Crippen molar-refractivity contribution in [2.24, 2.45) is 0 Å². The van der Waals surface area contributed by atoms with Crippen LogP contribution in [0.2, 0.25) is 0 Å². The zero-order chi connectivity index (χ0) is 15.3. The molecule has 0 saturated carbocycles. The lowest BCUT2D eigenvalue weighted by Gasteiger charge is -2.16. The quantitative estimate of drug-likeness (QED) is 0.797. The SMILES string of the molecule is CC(CC(=O)O)NC(=O)Nc1ccccc1C(F)(F)F. The van der Waals surface area contributed by atoms with E-state index in [4.69, 9.17) is 5.11 Å². The van der Waals surface area contributed by atoms with Crippen molar-refractivity contribution in [3.63, 3.8) is 0 Å². The maximum Gasteiger partial charge on any atom is 0.418 e. The predicted molar refractivity (Wildman–Crippen MR) is 65.3 cm³/mol. The van der Waals surface area contributed by atoms with E-state index in [-0.39, 0.29) is 12.1 Å². The zero-order valence-corrected chi connectivity index (χ0v) is 10.5. The summed E-state index contributed by atoms with van der Waals surface area (Å²) < 4.78 is 38.1. The summed E-state index contributed by atoms with van der Waals surface area (Å²) in [5.74, 6) is -1.12. The van der Waals surface area contributed by atoms with Crippen molar-refractivity contribution >= 4 is 17.7 Å². The molecule has 0 aliphatic carbocycles. The standard InChI is InChI=1S/C12H13F3N2O3/c1-7(6-10(18)19)16-11(20)17-9-5-3-2-4-8(9)12(13,14)15/h2-5,7H,6H2,1H3,(H,18,19)(H2,16,17,20). The highest BCUT2D eigenvalue weighted by Crippen LogP contribution is 2.34. The Labute approximate surface area is 112 Å². The number of carbonyl (C=O) groups is 2. The zero-order valence-electron chi connectivity index (χ0n) is 10.5. The van der Waals surface area contributed by atoms with E-state index in [2.05, 4.69) is 10.6 Å². The largest absolute Gasteiger partial charge is 0.481 e. The Balaban J connectivity index is 2.74. The molecule has 2 amide bonds. The van der Waals surface area contributed by atoms with Gasteiger partial charge in [-0.3, -0.25) is 4.79 Å². The van der Waals surface area contributed by atoms with Gasteiger partial charge in [0.1, 0.15) is 0 Å². The number of halogens is 3. The number of amides is 2. The van der Waals surface area contributed by atoms with Crippen molar-refractivity contribution in [1.29, 1.82) is 0 Å². The molecule has 20 heavy (non-hydrogen) atoms. The van der Waals surface area contributed by atoms with Crippen LogP contribution in [0.3, 0.4) is 0 Å². The number of aliphatic carboxylic acids is 1. The van der Waals surface area contributed by atoms with Gasteiger partial charge in [-0.05, 0) is 19.1 Å². The molecule has 0 radical (unpaired) electrons. The third-order valence-corrected chi connectivity index (χ3v) is 2.34. The van der Waals surface area contributed by atoms with Crippen molar-refractivity contribution in [3.05, 3.63) is 29.8 Å². The minimum atomic E-state index is -4.59. The molecule has 0 heterocycles. The van der Waals surface area contributed by atoms with Gasteiger partial charge in [0.2, 0.25) is 0 Å². The van der Waals surface area contributed by atoms with Crippen LogP contribution in [0.5, 0.6) is 0 Å². The topological polar surface area (TPSA) is 78.4 Å². The van der Waals surface area contributed by atoms with Gasteiger partial charge < -0.3 is 15.7 Å². The molecule has 3 N–H and O–H groups in total. The molecule has 0 bridgehead atoms. The predicted octanol–water partition coefficient (Wildman–Crippen LogP) is 2.69. The van der Waals surface area contributed by atoms with E-state index in [9.17, 15) is 22.8 Å². The molecular weight excluding hydrogens is 277 g/mol. The average Bonchev–Trinajstić information content (AvgIpc) is 2.26. The van der Waals surface area contributed by atoms with E-state index in [0.717, 1.165) is 12.1 Å². The molecule has 1 rings (SSSR count). The molecule has 0 aromatic heterocycles. The summed E-state index contributed by atoms with van der Waals surface area (Å²) in [5, 5.41) is 12.8. The van der Waals surface area contributed by atoms with Gasteiger partial charge in [0.15, 0.2) is 0 Å². The summed E-state index contributed by atoms with van der Waals surface area (Å²) in [5.41, 5.74) is -1.36. The Hall–Kier alpha value is -2.25. The van der Waals surface area contributed by atoms with E-state index in [1.165, 1.54) is 19.1 Å². The molecule has 1 aromatic carbocycles. The third-order valence-electron chi connectivity index (χ3n) is 2.34. The lowest BCUT2D eigenvalue weighted by atomic mass is 10.1. The van der Waals surface area contributed by atoms with Gasteiger partial charge in [-0.25, -0.2) is 4.79 Å². The first kappa shape index (κ1) is 15.8. The Morgan fingerprint density at radius 1 is 1.30 bits per heavy atom. The van der Waals surface area contributed by atoms with E-state index in [0.29, 0.717) is 0 Å². The van der Waals surface area contributed by atoms with Crippen LogP contribution >= 0.6 is 0 Å². The van der Waals surface area contributed by atoms with Gasteiger partial charge in [-0.1, -0.05) is 12.1 Å². The highest BCUT2D eigenvalue weighted by atomic mass is 19.4. The van der Waals surface area contributed by atoms with E-state index in [1.807, 2.05) is 0 Å². The lowest BCUT2D eigenvalue weighted by Crippen LogP contribution is -2.37. The molecular formula is C12H13F3N2O3. The molecule has 0 fully saturated rings. The van der Waals surface area contributed by atoms with Gasteiger partial charge in [0.05, 0.1) is 17.7 Å². The summed E-state index contributed by atoms with van der Waals surface area (Å²) in [6, 6.07) is 2.92. The number of anilines is 1. The first-order chi connectivity index (χ1) is 9.20. The Morgan fingerprint density at radius 2 is 1.90 bits per heavy atom. The first-order valence-corrected chi connectivity index (χ1v) is 5.65. The molecule has 0 saturated heterocycles. The fourth-order valence-corrected chi connectivity index (χ4v) is 1.53. The summed E-state index contributed by atoms with van der Waals surface area (Å²) in [6.45, 7) is 1.43. The molecule has 5 nitrogen and oxygen atoms in total. The highest BCUT2D eigenvalue weighted by molar-refractivity contribution is 5.90. The number of alkyl halides is 3. The van der Waals surface area contributed by atoms with Gasteiger partial charge in [0.25, 0.3) is 0 Å². The number of rotatable bonds is 4. The van der Waals surface area contributed by atoms with E-state index in [1.54, 1.807) is 0 Å². The van der Waals surface area contributed by atoms with Crippen molar-refractivity contribution < 1.29 is 27.9 Å². The van der Waals surface area contributed by atoms with E-state index >= 15 is 0 Å². The number of hydrogen-bond acceptors (Lipinski definition) is 2. The van der Waals surface area contributed by atoms with Crippen molar-refractivity contribution in [1.82, 2.24) is 5.32 Å². The summed E-state index contributed by atoms with van der Waals surface area (Å²) in [6.07, 6.45) is -4.91. The highest BCUT2D eigenvalue weighted by Gasteiger charge is 2.33. The monoisotopic (exact) mass is 290 g/mol. The molecule has 110 valence electrons. The van der Waals surface area contributed by atoms with Gasteiger partial charge >= 0.3 is 18.2 Å². The summed E-state index contributed by atoms with van der Waals surface area (Å²) in [7, 11) is 0. The van der Waals surface area contributed by atoms with Gasteiger partial charge in [-0.2, -0.15) is 13.2 Å². The molecule has 1 atom stereocenters. The number of carboxylic acid groups (broad SMARTS) is 1. The van der Waals surface area contributed by atoms with Crippen LogP contribution in [-0.4, -0.2) is 23.1 Å². The summed E-state index contributed by atoms with van der Waals surface area (Å²) >= 11 is 0. The fourth-order valence-electron chi connectivity index (χ4n) is 1.53. The number of hydrogen-bond donors (Lipinski definition) is 3. The number of para-hydroxylation sites is 1. The lowest BCUT2D eigenvalue weighted by molar-refractivity contribution is -0.138. The smallest absolute Gasteiger partial charge is 0.418 e. The van der Waals surface area contributed by atoms with Crippen LogP contribution in [0.25, 0.3) is 0 Å². The van der Waals surface area contributed by atoms with Crippen LogP contribution in [-0.2, 0) is 11.0 Å². The molecule has 8 heteroatoms. The Kier molecular flexibility index (Phi) is 4.95. The molecule has 0 aliphatic rings. The van der Waals surface area contributed by atoms with Gasteiger partial charge in [-0.15, -0.1) is 0 Å². The second-order valence-corrected chi connectivity index (χ2v) is 4.14. The first-order valence-electron chi connectivity index (χ1n) is 5.65. The maximum absolute atomic E-state index is 12.7. The minimum absolute atomic E-state index is 0.325. The summed E-state index contributed by atoms with van der Waals surface area (Å²) in [4.78, 5) is 21.9. The van der Waals surface area contributed by atoms with Gasteiger partial charge in [0, 0.05) is 6.04 Å². The number of nitrogens with one attached hydrogen (secondary N) is 2. The molecule has 0 aliphatic heterocycles. The molecule has 1 aromatic rings. The number of urea groups is 1. The van der Waals surface area contributed by atoms with Crippen molar-refractivity contribution in [2.45, 2.75) is 25.6 Å². The van der Waals surface area contributed by atoms with Crippen LogP contribution in [0, 0.1) is 0 Å². The van der Waals surface area contributed by atoms with Crippen LogP contribution < -0.4 is 10.6 Å². The Bertz CT molecular complexity index is 503. The molecule has 0 spiro atoms. The van der Waals surface area contributed by atoms with Crippen LogP contribution in [0.15, 0.2) is 24.3 Å². The molecule has 1 unspecified atom stereocenters. The number of carbonyl (C=O) groups excluding carboxylic acids is 1. The van der Waals surface area contributed by atoms with E-state index < -0.39 is 29.8 Å². The van der Waals surface area contributed by atoms with Crippen LogP contribution in [0.1, 0.15) is 18.9 Å². The van der Waals surface area contributed by atoms with Crippen LogP contribution in [0.4, 0.5) is 23.7 Å². The minimum Gasteiger partial charge on any atom is -0.481 e. The second kappa shape index (κ2) is 6.27. The van der Waals surface area contributed by atoms with Crippen molar-refractivity contribution in [2.75, 3.05) is 5.32 Å². The maximum atomic E-state index is 12.7. The van der Waals surface area contributed by atoms with Crippen molar-refractivity contribution in [3.8, 4) is 0 Å². The second-order valence-electron chi connectivity index (χ2n) is 4.14. The normalized spacial score (nSPS) is 12.6. The average molecular weight is 290 g/mol. The number of carboxylic acids is 1. The number of benzene rings is 1. The fraction of sp³-hybridized carbons (Fsp3) is 0.333.